The van der Waals surface area contributed by atoms with E-state index in [9.17, 15) is 0 Å². The van der Waals surface area contributed by atoms with Crippen molar-refractivity contribution in [1.29, 1.82) is 0 Å². The average Bonchev–Trinajstić information content (AvgIpc) is 3.71. The molecule has 0 aliphatic carbocycles. The van der Waals surface area contributed by atoms with E-state index in [2.05, 4.69) is 265 Å². The lowest BCUT2D eigenvalue weighted by atomic mass is 9.95. The zero-order chi connectivity index (χ0) is 42.8. The molecule has 11 aromatic rings. The molecule has 64 heavy (non-hydrogen) atoms. The predicted molar refractivity (Wildman–Crippen MR) is 272 cm³/mol. The van der Waals surface area contributed by atoms with Gasteiger partial charge in [0, 0.05) is 45.4 Å². The molecule has 0 radical (unpaired) electrons. The fraction of sp³-hybridized carbons (Fsp3) is 0.0323. The normalized spacial score (nSPS) is 11.3. The molecular formula is C62H46N2. The molecule has 10 aromatic carbocycles. The molecule has 0 amide bonds. The van der Waals surface area contributed by atoms with Crippen molar-refractivity contribution in [3.63, 3.8) is 0 Å². The van der Waals surface area contributed by atoms with Gasteiger partial charge in [-0.1, -0.05) is 194 Å². The highest BCUT2D eigenvalue weighted by Gasteiger charge is 2.17. The van der Waals surface area contributed by atoms with Crippen molar-refractivity contribution in [3.05, 3.63) is 249 Å². The summed E-state index contributed by atoms with van der Waals surface area (Å²) < 4.78 is 2.43. The molecule has 1 aromatic heterocycles. The zero-order valence-corrected chi connectivity index (χ0v) is 35.8. The third kappa shape index (κ3) is 7.36. The van der Waals surface area contributed by atoms with Crippen molar-refractivity contribution in [2.24, 2.45) is 0 Å². The summed E-state index contributed by atoms with van der Waals surface area (Å²) in [7, 11) is 0. The second-order valence-corrected chi connectivity index (χ2v) is 16.4. The van der Waals surface area contributed by atoms with Crippen LogP contribution in [0.5, 0.6) is 0 Å². The standard InChI is InChI=1S/C62H46N2/c1-2-63-60-24-10-9-22-59(60)62-58(23-13-25-61(62)63)54-20-11-18-52(42-54)53-19-12-21-57(43-53)64(55-38-34-50(35-39-55)48-30-26-46(27-31-48)44-14-5-3-6-15-44)56-40-36-51(37-41-56)49-32-28-47(29-33-49)45-16-7-4-8-17-45/h3-43H,2H2,1H3. The van der Waals surface area contributed by atoms with E-state index in [1.807, 2.05) is 0 Å². The molecule has 11 rings (SSSR count). The van der Waals surface area contributed by atoms with Crippen LogP contribution in [-0.2, 0) is 6.54 Å². The molecule has 0 aliphatic heterocycles. The molecule has 0 saturated carbocycles. The largest absolute Gasteiger partial charge is 0.341 e. The van der Waals surface area contributed by atoms with Crippen molar-refractivity contribution in [3.8, 4) is 66.8 Å². The van der Waals surface area contributed by atoms with Gasteiger partial charge < -0.3 is 9.47 Å². The number of fused-ring (bicyclic) bond motifs is 3. The van der Waals surface area contributed by atoms with Crippen LogP contribution in [0.3, 0.4) is 0 Å². The highest BCUT2D eigenvalue weighted by molar-refractivity contribution is 6.15. The van der Waals surface area contributed by atoms with Crippen LogP contribution in [0.15, 0.2) is 249 Å². The Morgan fingerprint density at radius 1 is 0.297 bits per heavy atom. The van der Waals surface area contributed by atoms with Crippen LogP contribution in [-0.4, -0.2) is 4.57 Å². The maximum absolute atomic E-state index is 2.43. The number of hydrogen-bond acceptors (Lipinski definition) is 1. The number of nitrogens with zero attached hydrogens (tertiary/aromatic N) is 2. The minimum atomic E-state index is 0.923. The number of aromatic nitrogens is 1. The zero-order valence-electron chi connectivity index (χ0n) is 35.8. The Morgan fingerprint density at radius 3 is 1.22 bits per heavy atom. The average molecular weight is 819 g/mol. The van der Waals surface area contributed by atoms with Gasteiger partial charge in [0.25, 0.3) is 0 Å². The van der Waals surface area contributed by atoms with Crippen molar-refractivity contribution in [2.75, 3.05) is 4.90 Å². The second-order valence-electron chi connectivity index (χ2n) is 16.4. The van der Waals surface area contributed by atoms with Crippen LogP contribution < -0.4 is 4.90 Å². The maximum Gasteiger partial charge on any atom is 0.0497 e. The third-order valence-corrected chi connectivity index (χ3v) is 12.6. The van der Waals surface area contributed by atoms with E-state index in [1.165, 1.54) is 83.0 Å². The van der Waals surface area contributed by atoms with Crippen molar-refractivity contribution < 1.29 is 0 Å². The minimum Gasteiger partial charge on any atom is -0.341 e. The first-order chi connectivity index (χ1) is 31.7. The predicted octanol–water partition coefficient (Wildman–Crippen LogP) is 17.3. The number of rotatable bonds is 10. The minimum absolute atomic E-state index is 0.923. The molecule has 0 saturated heterocycles. The molecule has 0 bridgehead atoms. The first kappa shape index (κ1) is 38.7. The van der Waals surface area contributed by atoms with Gasteiger partial charge in [-0.05, 0) is 128 Å². The summed E-state index contributed by atoms with van der Waals surface area (Å²) in [6.45, 7) is 3.15. The lowest BCUT2D eigenvalue weighted by Gasteiger charge is -2.26. The SMILES string of the molecule is CCn1c2ccccc2c2c(-c3cccc(-c4cccc(N(c5ccc(-c6ccc(-c7ccccc7)cc6)cc5)c5ccc(-c6ccc(-c7ccccc7)cc6)cc5)c4)c3)cccc21. The summed E-state index contributed by atoms with van der Waals surface area (Å²) in [5.74, 6) is 0. The number of aryl methyl sites for hydroxylation is 1. The van der Waals surface area contributed by atoms with Crippen molar-refractivity contribution in [2.45, 2.75) is 13.5 Å². The quantitative estimate of drug-likeness (QED) is 0.133. The lowest BCUT2D eigenvalue weighted by molar-refractivity contribution is 0.827. The molecule has 0 N–H and O–H groups in total. The third-order valence-electron chi connectivity index (χ3n) is 12.6. The van der Waals surface area contributed by atoms with E-state index in [4.69, 9.17) is 0 Å². The highest BCUT2D eigenvalue weighted by Crippen LogP contribution is 2.41. The fourth-order valence-electron chi connectivity index (χ4n) is 9.39. The Kier molecular flexibility index (Phi) is 10.2. The van der Waals surface area contributed by atoms with E-state index in [0.29, 0.717) is 0 Å². The van der Waals surface area contributed by atoms with Crippen LogP contribution in [0.1, 0.15) is 6.92 Å². The Bertz CT molecular complexity index is 3240. The molecule has 0 aliphatic rings. The lowest BCUT2D eigenvalue weighted by Crippen LogP contribution is -2.10. The number of benzene rings is 10. The van der Waals surface area contributed by atoms with Gasteiger partial charge >= 0.3 is 0 Å². The number of hydrogen-bond donors (Lipinski definition) is 0. The van der Waals surface area contributed by atoms with Crippen LogP contribution in [0, 0.1) is 0 Å². The van der Waals surface area contributed by atoms with Crippen molar-refractivity contribution in [1.82, 2.24) is 4.57 Å². The summed E-state index contributed by atoms with van der Waals surface area (Å²) in [6, 6.07) is 90.3. The second kappa shape index (κ2) is 16.9. The van der Waals surface area contributed by atoms with Crippen LogP contribution in [0.2, 0.25) is 0 Å². The molecule has 2 nitrogen and oxygen atoms in total. The van der Waals surface area contributed by atoms with E-state index in [1.54, 1.807) is 0 Å². The van der Waals surface area contributed by atoms with Gasteiger partial charge in [-0.25, -0.2) is 0 Å². The first-order valence-corrected chi connectivity index (χ1v) is 22.2. The van der Waals surface area contributed by atoms with Gasteiger partial charge in [0.2, 0.25) is 0 Å². The highest BCUT2D eigenvalue weighted by atomic mass is 15.1. The van der Waals surface area contributed by atoms with Crippen LogP contribution in [0.4, 0.5) is 17.1 Å². The first-order valence-electron chi connectivity index (χ1n) is 22.2. The molecular weight excluding hydrogens is 773 g/mol. The van der Waals surface area contributed by atoms with Crippen LogP contribution in [0.25, 0.3) is 88.6 Å². The summed E-state index contributed by atoms with van der Waals surface area (Å²) >= 11 is 0. The molecule has 2 heteroatoms. The monoisotopic (exact) mass is 818 g/mol. The molecule has 0 spiro atoms. The fourth-order valence-corrected chi connectivity index (χ4v) is 9.39. The van der Waals surface area contributed by atoms with Crippen LogP contribution >= 0.6 is 0 Å². The Labute approximate surface area is 375 Å². The topological polar surface area (TPSA) is 8.17 Å². The van der Waals surface area contributed by atoms with E-state index in [-0.39, 0.29) is 0 Å². The summed E-state index contributed by atoms with van der Waals surface area (Å²) in [6.07, 6.45) is 0. The van der Waals surface area contributed by atoms with Crippen molar-refractivity contribution >= 4 is 38.9 Å². The Hall–Kier alpha value is -8.20. The number of para-hydroxylation sites is 1. The van der Waals surface area contributed by atoms with Gasteiger partial charge in [0.1, 0.15) is 0 Å². The summed E-state index contributed by atoms with van der Waals surface area (Å²) in [4.78, 5) is 2.37. The van der Waals surface area contributed by atoms with Gasteiger partial charge in [0.15, 0.2) is 0 Å². The van der Waals surface area contributed by atoms with Gasteiger partial charge in [-0.2, -0.15) is 0 Å². The molecule has 0 atom stereocenters. The molecule has 0 unspecified atom stereocenters. The van der Waals surface area contributed by atoms with Gasteiger partial charge in [-0.3, -0.25) is 0 Å². The Balaban J connectivity index is 0.958. The number of anilines is 3. The van der Waals surface area contributed by atoms with E-state index < -0.39 is 0 Å². The molecule has 1 heterocycles. The maximum atomic E-state index is 2.43. The molecule has 0 fully saturated rings. The van der Waals surface area contributed by atoms with Gasteiger partial charge in [0.05, 0.1) is 0 Å². The summed E-state index contributed by atoms with van der Waals surface area (Å²) in [5, 5.41) is 2.60. The Morgan fingerprint density at radius 2 is 0.688 bits per heavy atom. The molecule has 304 valence electrons. The van der Waals surface area contributed by atoms with E-state index >= 15 is 0 Å². The van der Waals surface area contributed by atoms with E-state index in [0.717, 1.165) is 29.2 Å². The smallest absolute Gasteiger partial charge is 0.0497 e. The van der Waals surface area contributed by atoms with Gasteiger partial charge in [-0.15, -0.1) is 0 Å². The summed E-state index contributed by atoms with van der Waals surface area (Å²) in [5.41, 5.74) is 20.3.